The first kappa shape index (κ1) is 18.9. The molecule has 0 aliphatic heterocycles. The van der Waals surface area contributed by atoms with Crippen LogP contribution in [0.2, 0.25) is 0 Å². The van der Waals surface area contributed by atoms with Crippen molar-refractivity contribution in [3.8, 4) is 0 Å². The standard InChI is InChI=1S/C16H22FNO5/c1-5-22-14(20)13(19)12(10-7-6-8-11(17)9-10)18-15(21)23-16(2,3)4/h6-9,12-13,19H,5H2,1-4H3,(H,18,21)/t12-,13-/m1/s1. The topological polar surface area (TPSA) is 84.9 Å². The fourth-order valence-electron chi connectivity index (χ4n) is 1.84. The molecule has 2 N–H and O–H groups in total. The number of halogens is 1. The molecule has 1 aromatic carbocycles. The minimum absolute atomic E-state index is 0.0677. The zero-order valence-corrected chi connectivity index (χ0v) is 13.6. The lowest BCUT2D eigenvalue weighted by Crippen LogP contribution is -2.43. The van der Waals surface area contributed by atoms with Crippen molar-refractivity contribution in [3.05, 3.63) is 35.6 Å². The van der Waals surface area contributed by atoms with E-state index in [0.717, 1.165) is 6.07 Å². The number of hydrogen-bond acceptors (Lipinski definition) is 5. The van der Waals surface area contributed by atoms with Crippen molar-refractivity contribution >= 4 is 12.1 Å². The summed E-state index contributed by atoms with van der Waals surface area (Å²) in [4.78, 5) is 23.7. The quantitative estimate of drug-likeness (QED) is 0.811. The van der Waals surface area contributed by atoms with Gasteiger partial charge < -0.3 is 19.9 Å². The van der Waals surface area contributed by atoms with Crippen molar-refractivity contribution in [2.45, 2.75) is 45.4 Å². The number of benzene rings is 1. The summed E-state index contributed by atoms with van der Waals surface area (Å²) in [5, 5.41) is 12.5. The van der Waals surface area contributed by atoms with Gasteiger partial charge in [0.1, 0.15) is 11.4 Å². The Bertz CT molecular complexity index is 556. The Balaban J connectivity index is 3.01. The summed E-state index contributed by atoms with van der Waals surface area (Å²) in [5.41, 5.74) is -0.540. The largest absolute Gasteiger partial charge is 0.464 e. The van der Waals surface area contributed by atoms with Gasteiger partial charge in [-0.05, 0) is 45.4 Å². The van der Waals surface area contributed by atoms with Crippen LogP contribution in [0.5, 0.6) is 0 Å². The van der Waals surface area contributed by atoms with E-state index >= 15 is 0 Å². The SMILES string of the molecule is CCOC(=O)[C@H](O)[C@H](NC(=O)OC(C)(C)C)c1cccc(F)c1. The van der Waals surface area contributed by atoms with E-state index in [1.165, 1.54) is 18.2 Å². The molecule has 0 fully saturated rings. The third-order valence-corrected chi connectivity index (χ3v) is 2.72. The lowest BCUT2D eigenvalue weighted by atomic mass is 10.0. The van der Waals surface area contributed by atoms with Gasteiger partial charge in [0.05, 0.1) is 12.6 Å². The van der Waals surface area contributed by atoms with Crippen LogP contribution in [-0.2, 0) is 14.3 Å². The Labute approximate surface area is 134 Å². The molecule has 0 saturated carbocycles. The highest BCUT2D eigenvalue weighted by Crippen LogP contribution is 2.20. The molecular weight excluding hydrogens is 305 g/mol. The lowest BCUT2D eigenvalue weighted by molar-refractivity contribution is -0.154. The van der Waals surface area contributed by atoms with Crippen molar-refractivity contribution in [2.24, 2.45) is 0 Å². The molecule has 6 nitrogen and oxygen atoms in total. The van der Waals surface area contributed by atoms with E-state index in [2.05, 4.69) is 5.32 Å². The summed E-state index contributed by atoms with van der Waals surface area (Å²) in [6, 6.07) is 4.02. The minimum Gasteiger partial charge on any atom is -0.464 e. The third-order valence-electron chi connectivity index (χ3n) is 2.72. The number of aliphatic hydroxyl groups is 1. The van der Waals surface area contributed by atoms with Gasteiger partial charge in [-0.25, -0.2) is 14.0 Å². The van der Waals surface area contributed by atoms with Gasteiger partial charge in [0, 0.05) is 0 Å². The minimum atomic E-state index is -1.69. The molecule has 128 valence electrons. The molecule has 0 radical (unpaired) electrons. The fraction of sp³-hybridized carbons (Fsp3) is 0.500. The van der Waals surface area contributed by atoms with Gasteiger partial charge in [0.15, 0.2) is 6.10 Å². The van der Waals surface area contributed by atoms with E-state index in [4.69, 9.17) is 9.47 Å². The molecular formula is C16H22FNO5. The van der Waals surface area contributed by atoms with Crippen LogP contribution in [0.3, 0.4) is 0 Å². The maximum absolute atomic E-state index is 13.4. The Kier molecular flexibility index (Phi) is 6.50. The number of alkyl carbamates (subject to hydrolysis) is 1. The summed E-state index contributed by atoms with van der Waals surface area (Å²) in [7, 11) is 0. The van der Waals surface area contributed by atoms with E-state index in [9.17, 15) is 19.1 Å². The summed E-state index contributed by atoms with van der Waals surface area (Å²) < 4.78 is 23.3. The van der Waals surface area contributed by atoms with Gasteiger partial charge in [0.25, 0.3) is 0 Å². The molecule has 0 bridgehead atoms. The molecule has 1 amide bonds. The Morgan fingerprint density at radius 3 is 2.52 bits per heavy atom. The first-order valence-corrected chi connectivity index (χ1v) is 7.23. The number of carbonyl (C=O) groups excluding carboxylic acids is 2. The number of hydrogen-bond donors (Lipinski definition) is 2. The molecule has 1 aromatic rings. The van der Waals surface area contributed by atoms with Crippen molar-refractivity contribution in [1.29, 1.82) is 0 Å². The highest BCUT2D eigenvalue weighted by Gasteiger charge is 2.32. The van der Waals surface area contributed by atoms with Gasteiger partial charge in [-0.2, -0.15) is 0 Å². The molecule has 0 unspecified atom stereocenters. The third kappa shape index (κ3) is 6.23. The van der Waals surface area contributed by atoms with Gasteiger partial charge in [0.2, 0.25) is 0 Å². The second kappa shape index (κ2) is 7.92. The number of carbonyl (C=O) groups is 2. The average Bonchev–Trinajstić information content (AvgIpc) is 2.42. The number of aliphatic hydroxyl groups excluding tert-OH is 1. The van der Waals surface area contributed by atoms with Gasteiger partial charge >= 0.3 is 12.1 Å². The zero-order chi connectivity index (χ0) is 17.6. The van der Waals surface area contributed by atoms with Crippen LogP contribution in [0.25, 0.3) is 0 Å². The van der Waals surface area contributed by atoms with Crippen LogP contribution in [0.4, 0.5) is 9.18 Å². The van der Waals surface area contributed by atoms with Crippen LogP contribution in [0, 0.1) is 5.82 Å². The monoisotopic (exact) mass is 327 g/mol. The first-order valence-electron chi connectivity index (χ1n) is 7.23. The van der Waals surface area contributed by atoms with E-state index < -0.39 is 35.6 Å². The molecule has 0 aliphatic rings. The highest BCUT2D eigenvalue weighted by molar-refractivity contribution is 5.77. The van der Waals surface area contributed by atoms with Crippen LogP contribution in [0.15, 0.2) is 24.3 Å². The predicted molar refractivity (Wildman–Crippen MR) is 81.2 cm³/mol. The van der Waals surface area contributed by atoms with E-state index in [1.54, 1.807) is 27.7 Å². The Morgan fingerprint density at radius 1 is 1.35 bits per heavy atom. The smallest absolute Gasteiger partial charge is 0.408 e. The molecule has 1 rings (SSSR count). The molecule has 0 saturated heterocycles. The van der Waals surface area contributed by atoms with Gasteiger partial charge in [-0.1, -0.05) is 12.1 Å². The zero-order valence-electron chi connectivity index (χ0n) is 13.6. The van der Waals surface area contributed by atoms with Crippen LogP contribution in [0.1, 0.15) is 39.3 Å². The maximum Gasteiger partial charge on any atom is 0.408 e. The van der Waals surface area contributed by atoms with Gasteiger partial charge in [-0.3, -0.25) is 0 Å². The first-order chi connectivity index (χ1) is 10.6. The number of rotatable bonds is 5. The summed E-state index contributed by atoms with van der Waals surface area (Å²) >= 11 is 0. The van der Waals surface area contributed by atoms with Crippen molar-refractivity contribution in [3.63, 3.8) is 0 Å². The molecule has 0 spiro atoms. The van der Waals surface area contributed by atoms with Crippen molar-refractivity contribution in [2.75, 3.05) is 6.61 Å². The number of esters is 1. The number of ether oxygens (including phenoxy) is 2. The second-order valence-electron chi connectivity index (χ2n) is 5.88. The lowest BCUT2D eigenvalue weighted by Gasteiger charge is -2.26. The predicted octanol–water partition coefficient (Wildman–Crippen LogP) is 2.32. The van der Waals surface area contributed by atoms with Crippen molar-refractivity contribution < 1.29 is 28.6 Å². The van der Waals surface area contributed by atoms with Crippen LogP contribution < -0.4 is 5.32 Å². The Morgan fingerprint density at radius 2 is 2.00 bits per heavy atom. The number of nitrogens with one attached hydrogen (secondary N) is 1. The normalized spacial score (nSPS) is 13.8. The highest BCUT2D eigenvalue weighted by atomic mass is 19.1. The Hall–Kier alpha value is -2.15. The summed E-state index contributed by atoms with van der Waals surface area (Å²) in [6.07, 6.45) is -2.53. The number of amides is 1. The second-order valence-corrected chi connectivity index (χ2v) is 5.88. The summed E-state index contributed by atoms with van der Waals surface area (Å²) in [6.45, 7) is 6.67. The maximum atomic E-state index is 13.4. The van der Waals surface area contributed by atoms with Gasteiger partial charge in [-0.15, -0.1) is 0 Å². The molecule has 0 aromatic heterocycles. The van der Waals surface area contributed by atoms with Crippen LogP contribution >= 0.6 is 0 Å². The van der Waals surface area contributed by atoms with E-state index in [0.29, 0.717) is 0 Å². The van der Waals surface area contributed by atoms with E-state index in [1.807, 2.05) is 0 Å². The molecule has 2 atom stereocenters. The summed E-state index contributed by atoms with van der Waals surface area (Å²) in [5.74, 6) is -1.48. The molecule has 0 aliphatic carbocycles. The fourth-order valence-corrected chi connectivity index (χ4v) is 1.84. The average molecular weight is 327 g/mol. The molecule has 23 heavy (non-hydrogen) atoms. The molecule has 0 heterocycles. The molecule has 7 heteroatoms. The van der Waals surface area contributed by atoms with Crippen LogP contribution in [-0.4, -0.2) is 35.5 Å². The van der Waals surface area contributed by atoms with Crippen molar-refractivity contribution in [1.82, 2.24) is 5.32 Å². The van der Waals surface area contributed by atoms with E-state index in [-0.39, 0.29) is 12.2 Å².